The summed E-state index contributed by atoms with van der Waals surface area (Å²) in [7, 11) is 0. The minimum Gasteiger partial charge on any atom is -0.336 e. The van der Waals surface area contributed by atoms with Gasteiger partial charge in [-0.25, -0.2) is 14.3 Å². The second-order valence-electron chi connectivity index (χ2n) is 6.45. The predicted octanol–water partition coefficient (Wildman–Crippen LogP) is 2.12. The number of carbonyl (C=O) groups excluding carboxylic acids is 2. The molecule has 1 atom stereocenters. The molecule has 3 amide bonds. The number of amides is 3. The van der Waals surface area contributed by atoms with Crippen LogP contribution < -0.4 is 5.32 Å². The molecule has 9 heteroatoms. The minimum absolute atomic E-state index is 0.228. The van der Waals surface area contributed by atoms with Crippen LogP contribution in [0.3, 0.4) is 0 Å². The molecule has 0 radical (unpaired) electrons. The Hall–Kier alpha value is -2.16. The van der Waals surface area contributed by atoms with Crippen molar-refractivity contribution in [2.45, 2.75) is 57.4 Å². The van der Waals surface area contributed by atoms with Crippen molar-refractivity contribution >= 4 is 29.5 Å². The van der Waals surface area contributed by atoms with E-state index in [0.717, 1.165) is 30.7 Å². The summed E-state index contributed by atoms with van der Waals surface area (Å²) >= 11 is 1.25. The number of rotatable bonds is 6. The maximum absolute atomic E-state index is 12.4. The van der Waals surface area contributed by atoms with Gasteiger partial charge in [0, 0.05) is 24.5 Å². The molecule has 2 aromatic rings. The van der Waals surface area contributed by atoms with E-state index in [9.17, 15) is 9.59 Å². The zero-order valence-electron chi connectivity index (χ0n) is 15.6. The fraction of sp³-hybridized carbons (Fsp3) is 0.588. The van der Waals surface area contributed by atoms with Crippen molar-refractivity contribution in [1.82, 2.24) is 29.8 Å². The third-order valence-corrected chi connectivity index (χ3v) is 5.50. The molecule has 3 rings (SSSR count). The molecule has 26 heavy (non-hydrogen) atoms. The van der Waals surface area contributed by atoms with Crippen LogP contribution in [0.25, 0.3) is 5.78 Å². The molecule has 1 saturated heterocycles. The van der Waals surface area contributed by atoms with Gasteiger partial charge >= 0.3 is 6.03 Å². The molecule has 1 aliphatic heterocycles. The fourth-order valence-corrected chi connectivity index (χ4v) is 3.87. The zero-order valence-corrected chi connectivity index (χ0v) is 16.4. The summed E-state index contributed by atoms with van der Waals surface area (Å²) in [5, 5.41) is 7.21. The normalized spacial score (nSPS) is 15.5. The first-order chi connectivity index (χ1) is 12.4. The number of carbonyl (C=O) groups is 2. The van der Waals surface area contributed by atoms with Crippen LogP contribution in [0.2, 0.25) is 0 Å². The van der Waals surface area contributed by atoms with Crippen molar-refractivity contribution in [3.05, 3.63) is 17.0 Å². The van der Waals surface area contributed by atoms with E-state index in [1.807, 2.05) is 13.8 Å². The lowest BCUT2D eigenvalue weighted by Crippen LogP contribution is -2.38. The molecule has 0 aromatic carbocycles. The standard InChI is InChI=1S/C17H24N6O2S/c1-5-6-7-13-10(2)19-15-20-16(21-23(15)11(13)3)26-12(4)14(24)22-9-8-18-17(22)25/h12H,5-9H2,1-4H3,(H,18,25). The number of unbranched alkanes of at least 4 members (excludes halogenated alkanes) is 1. The Kier molecular flexibility index (Phi) is 5.45. The van der Waals surface area contributed by atoms with E-state index in [4.69, 9.17) is 0 Å². The highest BCUT2D eigenvalue weighted by Crippen LogP contribution is 2.24. The van der Waals surface area contributed by atoms with Crippen LogP contribution in [0, 0.1) is 13.8 Å². The molecule has 0 aliphatic carbocycles. The number of fused-ring (bicyclic) bond motifs is 1. The first-order valence-electron chi connectivity index (χ1n) is 8.91. The van der Waals surface area contributed by atoms with Crippen molar-refractivity contribution in [3.8, 4) is 0 Å². The van der Waals surface area contributed by atoms with Crippen LogP contribution in [0.4, 0.5) is 4.79 Å². The quantitative estimate of drug-likeness (QED) is 0.776. The summed E-state index contributed by atoms with van der Waals surface area (Å²) in [5.74, 6) is 0.315. The fourth-order valence-electron chi connectivity index (χ4n) is 3.07. The molecule has 0 saturated carbocycles. The number of aryl methyl sites for hydroxylation is 2. The maximum atomic E-state index is 12.4. The van der Waals surface area contributed by atoms with E-state index >= 15 is 0 Å². The molecule has 3 heterocycles. The highest BCUT2D eigenvalue weighted by Gasteiger charge is 2.31. The minimum atomic E-state index is -0.447. The van der Waals surface area contributed by atoms with E-state index in [0.29, 0.717) is 24.0 Å². The van der Waals surface area contributed by atoms with Gasteiger partial charge in [-0.1, -0.05) is 25.1 Å². The molecule has 140 valence electrons. The average molecular weight is 376 g/mol. The first-order valence-corrected chi connectivity index (χ1v) is 9.79. The van der Waals surface area contributed by atoms with Crippen molar-refractivity contribution in [3.63, 3.8) is 0 Å². The van der Waals surface area contributed by atoms with Crippen LogP contribution in [-0.2, 0) is 11.2 Å². The van der Waals surface area contributed by atoms with Gasteiger partial charge in [0.25, 0.3) is 5.78 Å². The molecule has 1 aliphatic rings. The van der Waals surface area contributed by atoms with Crippen molar-refractivity contribution < 1.29 is 9.59 Å². The molecule has 0 bridgehead atoms. The first kappa shape index (κ1) is 18.6. The SMILES string of the molecule is CCCCc1c(C)nc2nc(SC(C)C(=O)N3CCNC3=O)nn2c1C. The van der Waals surface area contributed by atoms with E-state index < -0.39 is 5.25 Å². The Morgan fingerprint density at radius 2 is 2.12 bits per heavy atom. The Balaban J connectivity index is 1.81. The Labute approximate surface area is 156 Å². The largest absolute Gasteiger partial charge is 0.336 e. The van der Waals surface area contributed by atoms with Crippen LogP contribution >= 0.6 is 11.8 Å². The monoisotopic (exact) mass is 376 g/mol. The van der Waals surface area contributed by atoms with Crippen molar-refractivity contribution in [2.75, 3.05) is 13.1 Å². The Bertz CT molecular complexity index is 849. The average Bonchev–Trinajstić information content (AvgIpc) is 3.20. The maximum Gasteiger partial charge on any atom is 0.324 e. The van der Waals surface area contributed by atoms with Crippen molar-refractivity contribution in [2.24, 2.45) is 0 Å². The van der Waals surface area contributed by atoms with Gasteiger partial charge in [-0.05, 0) is 39.2 Å². The summed E-state index contributed by atoms with van der Waals surface area (Å²) in [6.07, 6.45) is 3.20. The second kappa shape index (κ2) is 7.61. The van der Waals surface area contributed by atoms with Crippen LogP contribution in [0.1, 0.15) is 43.6 Å². The van der Waals surface area contributed by atoms with Crippen LogP contribution in [0.15, 0.2) is 5.16 Å². The van der Waals surface area contributed by atoms with Gasteiger partial charge in [0.2, 0.25) is 11.1 Å². The molecule has 1 N–H and O–H groups in total. The van der Waals surface area contributed by atoms with Gasteiger partial charge in [-0.15, -0.1) is 5.10 Å². The predicted molar refractivity (Wildman–Crippen MR) is 99.3 cm³/mol. The number of thioether (sulfide) groups is 1. The third-order valence-electron chi connectivity index (χ3n) is 4.56. The van der Waals surface area contributed by atoms with E-state index in [1.54, 1.807) is 11.4 Å². The highest BCUT2D eigenvalue weighted by molar-refractivity contribution is 8.00. The Morgan fingerprint density at radius 3 is 2.77 bits per heavy atom. The number of imide groups is 1. The summed E-state index contributed by atoms with van der Waals surface area (Å²) in [4.78, 5) is 34.4. The number of hydrogen-bond acceptors (Lipinski definition) is 6. The van der Waals surface area contributed by atoms with Gasteiger partial charge < -0.3 is 5.32 Å². The second-order valence-corrected chi connectivity index (χ2v) is 7.76. The third kappa shape index (κ3) is 3.53. The summed E-state index contributed by atoms with van der Waals surface area (Å²) in [6.45, 7) is 8.86. The summed E-state index contributed by atoms with van der Waals surface area (Å²) < 4.78 is 1.75. The number of urea groups is 1. The molecular formula is C17H24N6O2S. The molecule has 1 unspecified atom stereocenters. The molecular weight excluding hydrogens is 352 g/mol. The molecule has 1 fully saturated rings. The van der Waals surface area contributed by atoms with Gasteiger partial charge in [0.1, 0.15) is 0 Å². The van der Waals surface area contributed by atoms with E-state index in [-0.39, 0.29) is 11.9 Å². The lowest BCUT2D eigenvalue weighted by atomic mass is 10.1. The lowest BCUT2D eigenvalue weighted by Gasteiger charge is -2.15. The lowest BCUT2D eigenvalue weighted by molar-refractivity contribution is -0.126. The summed E-state index contributed by atoms with van der Waals surface area (Å²) in [5.41, 5.74) is 3.22. The van der Waals surface area contributed by atoms with Gasteiger partial charge in [-0.3, -0.25) is 9.69 Å². The number of hydrogen-bond donors (Lipinski definition) is 1. The highest BCUT2D eigenvalue weighted by atomic mass is 32.2. The van der Waals surface area contributed by atoms with Crippen LogP contribution in [0.5, 0.6) is 0 Å². The van der Waals surface area contributed by atoms with Crippen LogP contribution in [-0.4, -0.2) is 54.8 Å². The Morgan fingerprint density at radius 1 is 1.35 bits per heavy atom. The zero-order chi connectivity index (χ0) is 18.8. The van der Waals surface area contributed by atoms with Gasteiger partial charge in [0.15, 0.2) is 0 Å². The van der Waals surface area contributed by atoms with E-state index in [2.05, 4.69) is 27.3 Å². The topological polar surface area (TPSA) is 92.5 Å². The van der Waals surface area contributed by atoms with Gasteiger partial charge in [0.05, 0.1) is 5.25 Å². The number of aromatic nitrogens is 4. The van der Waals surface area contributed by atoms with E-state index in [1.165, 1.54) is 22.2 Å². The molecule has 2 aromatic heterocycles. The van der Waals surface area contributed by atoms with Gasteiger partial charge in [-0.2, -0.15) is 4.98 Å². The van der Waals surface area contributed by atoms with Crippen molar-refractivity contribution in [1.29, 1.82) is 0 Å². The number of nitrogens with one attached hydrogen (secondary N) is 1. The molecule has 8 nitrogen and oxygen atoms in total. The smallest absolute Gasteiger partial charge is 0.324 e. The number of nitrogens with zero attached hydrogens (tertiary/aromatic N) is 5. The molecule has 0 spiro atoms. The summed E-state index contributed by atoms with van der Waals surface area (Å²) in [6, 6.07) is -0.334.